The average Bonchev–Trinajstić information content (AvgIpc) is 3.46. The number of hydrogen-bond donors (Lipinski definition) is 2. The number of aryl methyl sites for hydroxylation is 1. The lowest BCUT2D eigenvalue weighted by Gasteiger charge is -2.25. The number of nitrogens with zero attached hydrogens (tertiary/aromatic N) is 4. The second-order valence-electron chi connectivity index (χ2n) is 9.62. The molecule has 0 unspecified atom stereocenters. The molecule has 0 radical (unpaired) electrons. The van der Waals surface area contributed by atoms with Gasteiger partial charge in [0.25, 0.3) is 5.91 Å². The molecule has 186 valence electrons. The van der Waals surface area contributed by atoms with E-state index in [0.29, 0.717) is 23.1 Å². The Hall–Kier alpha value is -4.46. The number of carbonyl (C=O) groups excluding carboxylic acids is 1. The molecule has 0 aliphatic heterocycles. The van der Waals surface area contributed by atoms with Crippen LogP contribution < -0.4 is 5.32 Å². The number of carboxylic acid groups (broad SMARTS) is 1. The summed E-state index contributed by atoms with van der Waals surface area (Å²) in [5, 5.41) is 12.4. The highest BCUT2D eigenvalue weighted by Gasteiger charge is 2.23. The molecule has 5 aromatic rings. The van der Waals surface area contributed by atoms with Gasteiger partial charge < -0.3 is 14.2 Å². The third-order valence-electron chi connectivity index (χ3n) is 7.29. The SMILES string of the molecule is Cn1c(NC(=O)c2ccc(-c3nc4cc(C(=O)O)ccc4n3C3CCCCC3)cc2)nc2ccccc21. The fourth-order valence-electron chi connectivity index (χ4n) is 5.35. The first-order valence-corrected chi connectivity index (χ1v) is 12.6. The number of para-hydroxylation sites is 2. The summed E-state index contributed by atoms with van der Waals surface area (Å²) >= 11 is 0. The Labute approximate surface area is 213 Å². The minimum Gasteiger partial charge on any atom is -0.478 e. The van der Waals surface area contributed by atoms with Crippen LogP contribution in [0.15, 0.2) is 66.7 Å². The van der Waals surface area contributed by atoms with Crippen LogP contribution >= 0.6 is 0 Å². The maximum atomic E-state index is 13.0. The third-order valence-corrected chi connectivity index (χ3v) is 7.29. The van der Waals surface area contributed by atoms with Crippen molar-refractivity contribution in [2.45, 2.75) is 38.1 Å². The topological polar surface area (TPSA) is 102 Å². The van der Waals surface area contributed by atoms with Crippen LogP contribution in [-0.2, 0) is 7.05 Å². The van der Waals surface area contributed by atoms with Crippen molar-refractivity contribution in [3.05, 3.63) is 77.9 Å². The van der Waals surface area contributed by atoms with Crippen molar-refractivity contribution >= 4 is 39.9 Å². The highest BCUT2D eigenvalue weighted by molar-refractivity contribution is 6.04. The van der Waals surface area contributed by atoms with E-state index >= 15 is 0 Å². The maximum absolute atomic E-state index is 13.0. The Morgan fingerprint density at radius 2 is 1.59 bits per heavy atom. The van der Waals surface area contributed by atoms with Gasteiger partial charge in [-0.05, 0) is 55.3 Å². The van der Waals surface area contributed by atoms with Crippen LogP contribution in [0, 0.1) is 0 Å². The van der Waals surface area contributed by atoms with E-state index in [4.69, 9.17) is 4.98 Å². The van der Waals surface area contributed by atoms with Gasteiger partial charge in [0.2, 0.25) is 5.95 Å². The van der Waals surface area contributed by atoms with Crippen molar-refractivity contribution in [1.82, 2.24) is 19.1 Å². The molecule has 8 nitrogen and oxygen atoms in total. The molecule has 2 aromatic heterocycles. The minimum absolute atomic E-state index is 0.223. The number of imidazole rings is 2. The van der Waals surface area contributed by atoms with Gasteiger partial charge in [-0.2, -0.15) is 0 Å². The fourth-order valence-corrected chi connectivity index (χ4v) is 5.35. The lowest BCUT2D eigenvalue weighted by atomic mass is 9.94. The van der Waals surface area contributed by atoms with E-state index in [2.05, 4.69) is 14.9 Å². The normalized spacial score (nSPS) is 14.3. The molecular formula is C29H27N5O3. The van der Waals surface area contributed by atoms with Gasteiger partial charge in [0.1, 0.15) is 5.82 Å². The molecule has 0 saturated heterocycles. The highest BCUT2D eigenvalue weighted by Crippen LogP contribution is 2.36. The molecule has 1 saturated carbocycles. The number of hydrogen-bond acceptors (Lipinski definition) is 4. The predicted molar refractivity (Wildman–Crippen MR) is 143 cm³/mol. The van der Waals surface area contributed by atoms with Gasteiger partial charge in [-0.15, -0.1) is 0 Å². The van der Waals surface area contributed by atoms with E-state index in [1.165, 1.54) is 6.42 Å². The van der Waals surface area contributed by atoms with E-state index in [9.17, 15) is 14.7 Å². The Morgan fingerprint density at radius 1 is 0.865 bits per heavy atom. The Balaban J connectivity index is 1.33. The molecule has 1 aliphatic rings. The molecule has 1 amide bonds. The lowest BCUT2D eigenvalue weighted by Crippen LogP contribution is -2.15. The summed E-state index contributed by atoms with van der Waals surface area (Å²) in [6, 6.07) is 20.6. The van der Waals surface area contributed by atoms with E-state index in [0.717, 1.165) is 53.6 Å². The smallest absolute Gasteiger partial charge is 0.335 e. The van der Waals surface area contributed by atoms with Crippen molar-refractivity contribution in [3.63, 3.8) is 0 Å². The zero-order chi connectivity index (χ0) is 25.5. The van der Waals surface area contributed by atoms with Gasteiger partial charge in [-0.3, -0.25) is 10.1 Å². The van der Waals surface area contributed by atoms with Gasteiger partial charge in [0.15, 0.2) is 0 Å². The molecule has 2 N–H and O–H groups in total. The first-order chi connectivity index (χ1) is 18.0. The number of nitrogens with one attached hydrogen (secondary N) is 1. The summed E-state index contributed by atoms with van der Waals surface area (Å²) in [6.45, 7) is 0. The summed E-state index contributed by atoms with van der Waals surface area (Å²) in [6.07, 6.45) is 5.70. The van der Waals surface area contributed by atoms with Crippen LogP contribution in [0.2, 0.25) is 0 Å². The van der Waals surface area contributed by atoms with Gasteiger partial charge in [-0.25, -0.2) is 14.8 Å². The van der Waals surface area contributed by atoms with E-state index in [1.54, 1.807) is 24.3 Å². The van der Waals surface area contributed by atoms with Gasteiger partial charge in [-0.1, -0.05) is 43.5 Å². The number of benzene rings is 3. The summed E-state index contributed by atoms with van der Waals surface area (Å²) in [5.74, 6) is 0.0822. The predicted octanol–water partition coefficient (Wildman–Crippen LogP) is 6.05. The molecule has 3 aromatic carbocycles. The molecule has 8 heteroatoms. The molecule has 0 atom stereocenters. The maximum Gasteiger partial charge on any atom is 0.335 e. The van der Waals surface area contributed by atoms with Crippen LogP contribution in [0.4, 0.5) is 5.95 Å². The molecule has 1 fully saturated rings. The third kappa shape index (κ3) is 4.14. The van der Waals surface area contributed by atoms with Crippen LogP contribution in [0.25, 0.3) is 33.5 Å². The second kappa shape index (κ2) is 9.20. The number of carboxylic acids is 1. The molecule has 37 heavy (non-hydrogen) atoms. The van der Waals surface area contributed by atoms with Crippen molar-refractivity contribution in [2.75, 3.05) is 5.32 Å². The molecule has 6 rings (SSSR count). The zero-order valence-corrected chi connectivity index (χ0v) is 20.5. The Morgan fingerprint density at radius 3 is 2.32 bits per heavy atom. The minimum atomic E-state index is -0.966. The average molecular weight is 494 g/mol. The van der Waals surface area contributed by atoms with Crippen molar-refractivity contribution in [1.29, 1.82) is 0 Å². The van der Waals surface area contributed by atoms with E-state index < -0.39 is 5.97 Å². The number of carbonyl (C=O) groups is 2. The lowest BCUT2D eigenvalue weighted by molar-refractivity contribution is 0.0696. The fraction of sp³-hybridized carbons (Fsp3) is 0.241. The standard InChI is InChI=1S/C29H27N5O3/c1-33-24-10-6-5-9-22(24)31-29(33)32-27(35)19-13-11-18(12-14-19)26-30-23-17-20(28(36)37)15-16-25(23)34(26)21-7-3-2-4-8-21/h5-6,9-17,21H,2-4,7-8H2,1H3,(H,36,37)(H,31,32,35). The van der Waals surface area contributed by atoms with Gasteiger partial charge in [0.05, 0.1) is 27.6 Å². The molecule has 0 spiro atoms. The quantitative estimate of drug-likeness (QED) is 0.310. The summed E-state index contributed by atoms with van der Waals surface area (Å²) in [5.41, 5.74) is 5.01. The number of aromatic nitrogens is 4. The number of aromatic carboxylic acids is 1. The molecule has 2 heterocycles. The monoisotopic (exact) mass is 493 g/mol. The number of fused-ring (bicyclic) bond motifs is 2. The first-order valence-electron chi connectivity index (χ1n) is 12.6. The highest BCUT2D eigenvalue weighted by atomic mass is 16.4. The summed E-state index contributed by atoms with van der Waals surface area (Å²) in [7, 11) is 1.87. The van der Waals surface area contributed by atoms with Crippen LogP contribution in [0.3, 0.4) is 0 Å². The van der Waals surface area contributed by atoms with Crippen molar-refractivity contribution in [2.24, 2.45) is 7.05 Å². The number of anilines is 1. The van der Waals surface area contributed by atoms with Crippen LogP contribution in [0.1, 0.15) is 58.9 Å². The number of amides is 1. The molecule has 0 bridgehead atoms. The van der Waals surface area contributed by atoms with Crippen molar-refractivity contribution < 1.29 is 14.7 Å². The Kier molecular flexibility index (Phi) is 5.71. The summed E-state index contributed by atoms with van der Waals surface area (Å²) in [4.78, 5) is 33.9. The van der Waals surface area contributed by atoms with Crippen LogP contribution in [0.5, 0.6) is 0 Å². The Bertz CT molecular complexity index is 1640. The molecule has 1 aliphatic carbocycles. The van der Waals surface area contributed by atoms with Crippen molar-refractivity contribution in [3.8, 4) is 11.4 Å². The van der Waals surface area contributed by atoms with E-state index in [1.807, 2.05) is 54.1 Å². The second-order valence-corrected chi connectivity index (χ2v) is 9.62. The zero-order valence-electron chi connectivity index (χ0n) is 20.5. The number of rotatable bonds is 5. The largest absolute Gasteiger partial charge is 0.478 e. The van der Waals surface area contributed by atoms with Gasteiger partial charge >= 0.3 is 5.97 Å². The molecular weight excluding hydrogens is 466 g/mol. The summed E-state index contributed by atoms with van der Waals surface area (Å²) < 4.78 is 4.12. The van der Waals surface area contributed by atoms with Gasteiger partial charge in [0, 0.05) is 24.2 Å². The van der Waals surface area contributed by atoms with Crippen LogP contribution in [-0.4, -0.2) is 36.1 Å². The van der Waals surface area contributed by atoms with E-state index in [-0.39, 0.29) is 11.5 Å². The first kappa shape index (κ1) is 23.0.